The van der Waals surface area contributed by atoms with Gasteiger partial charge < -0.3 is 28.8 Å². The van der Waals surface area contributed by atoms with E-state index in [0.29, 0.717) is 0 Å². The zero-order valence-corrected chi connectivity index (χ0v) is 20.0. The monoisotopic (exact) mass is 498 g/mol. The van der Waals surface area contributed by atoms with Crippen LogP contribution in [0.2, 0.25) is 0 Å². The third-order valence-electron chi connectivity index (χ3n) is 3.58. The lowest BCUT2D eigenvalue weighted by molar-refractivity contribution is -0.185. The van der Waals surface area contributed by atoms with Crippen LogP contribution in [0.4, 0.5) is 0 Å². The van der Waals surface area contributed by atoms with Crippen molar-refractivity contribution in [1.29, 1.82) is 0 Å². The topological polar surface area (TPSA) is 169 Å². The van der Waals surface area contributed by atoms with Crippen molar-refractivity contribution in [3.8, 4) is 0 Å². The third-order valence-corrected chi connectivity index (χ3v) is 3.58. The van der Waals surface area contributed by atoms with Gasteiger partial charge in [-0.3, -0.25) is 28.8 Å². The fourth-order valence-electron chi connectivity index (χ4n) is 2.23. The lowest BCUT2D eigenvalue weighted by Gasteiger charge is -2.12. The van der Waals surface area contributed by atoms with Crippen LogP contribution in [0.5, 0.6) is 0 Å². The summed E-state index contributed by atoms with van der Waals surface area (Å²) in [7, 11) is 0. The molecule has 1 aromatic rings. The molecule has 2 unspecified atom stereocenters. The molecule has 0 saturated heterocycles. The molecule has 12 heteroatoms. The summed E-state index contributed by atoms with van der Waals surface area (Å²) in [6.45, 7) is 5.36. The summed E-state index contributed by atoms with van der Waals surface area (Å²) in [5, 5.41) is 8.25. The van der Waals surface area contributed by atoms with Gasteiger partial charge in [-0.15, -0.1) is 0 Å². The highest BCUT2D eigenvalue weighted by atomic mass is 16.7. The van der Waals surface area contributed by atoms with Crippen molar-refractivity contribution in [1.82, 2.24) is 0 Å². The van der Waals surface area contributed by atoms with Gasteiger partial charge in [-0.05, 0) is 5.56 Å². The van der Waals surface area contributed by atoms with Crippen LogP contribution in [0.1, 0.15) is 58.9 Å². The van der Waals surface area contributed by atoms with Crippen LogP contribution in [0, 0.1) is 0 Å². The average Bonchev–Trinajstić information content (AvgIpc) is 2.74. The van der Waals surface area contributed by atoms with Gasteiger partial charge in [-0.25, -0.2) is 0 Å². The molecule has 1 aromatic carbocycles. The number of ether oxygens (including phenoxy) is 5. The Kier molecular flexibility index (Phi) is 15.5. The highest BCUT2D eigenvalue weighted by molar-refractivity contribution is 5.78. The smallest absolute Gasteiger partial charge is 0.309 e. The van der Waals surface area contributed by atoms with E-state index in [0.717, 1.165) is 5.56 Å². The molecule has 0 aliphatic rings. The van der Waals surface area contributed by atoms with E-state index in [-0.39, 0.29) is 32.3 Å². The number of hydrogen-bond acceptors (Lipinski definition) is 11. The predicted molar refractivity (Wildman–Crippen MR) is 117 cm³/mol. The minimum atomic E-state index is -1.08. The molecule has 194 valence electrons. The molecule has 0 aliphatic carbocycles. The second kappa shape index (κ2) is 17.5. The van der Waals surface area contributed by atoms with Crippen LogP contribution in [0.25, 0.3) is 0 Å². The maximum absolute atomic E-state index is 11.5. The lowest BCUT2D eigenvalue weighted by atomic mass is 10.2. The lowest BCUT2D eigenvalue weighted by Crippen LogP contribution is -2.21. The Bertz CT molecular complexity index is 849. The Balaban J connectivity index is 0.000000720. The maximum atomic E-state index is 11.5. The van der Waals surface area contributed by atoms with Gasteiger partial charge in [0.1, 0.15) is 6.61 Å². The molecule has 0 radical (unpaired) electrons. The number of carbonyl (C=O) groups is 6. The first-order chi connectivity index (χ1) is 16.4. The number of hydrogen-bond donors (Lipinski definition) is 1. The first kappa shape index (κ1) is 31.0. The third kappa shape index (κ3) is 19.2. The Morgan fingerprint density at radius 3 is 1.54 bits per heavy atom. The van der Waals surface area contributed by atoms with E-state index < -0.39 is 48.4 Å². The first-order valence-electron chi connectivity index (χ1n) is 10.5. The molecule has 0 bridgehead atoms. The number of aliphatic carboxylic acids is 1. The molecule has 0 aliphatic heterocycles. The van der Waals surface area contributed by atoms with E-state index in [1.807, 2.05) is 30.3 Å². The quantitative estimate of drug-likeness (QED) is 0.254. The summed E-state index contributed by atoms with van der Waals surface area (Å²) in [5.74, 6) is -4.01. The minimum absolute atomic E-state index is 0.0849. The Labute approximate surface area is 202 Å². The van der Waals surface area contributed by atoms with Crippen LogP contribution in [0.15, 0.2) is 30.3 Å². The number of esters is 5. The summed E-state index contributed by atoms with van der Waals surface area (Å²) in [5.41, 5.74) is 0.872. The molecule has 1 rings (SSSR count). The summed E-state index contributed by atoms with van der Waals surface area (Å²) in [6.07, 6.45) is -2.69. The van der Waals surface area contributed by atoms with E-state index in [2.05, 4.69) is 14.2 Å². The van der Waals surface area contributed by atoms with Gasteiger partial charge >= 0.3 is 35.8 Å². The Hall–Kier alpha value is -3.96. The normalized spacial score (nSPS) is 11.4. The second-order valence-electron chi connectivity index (χ2n) is 6.87. The largest absolute Gasteiger partial charge is 0.481 e. The minimum Gasteiger partial charge on any atom is -0.481 e. The van der Waals surface area contributed by atoms with Crippen LogP contribution in [-0.2, 0) is 59.1 Å². The molecule has 0 heterocycles. The van der Waals surface area contributed by atoms with Gasteiger partial charge in [0.05, 0.1) is 25.7 Å². The van der Waals surface area contributed by atoms with Gasteiger partial charge in [0.25, 0.3) is 0 Å². The van der Waals surface area contributed by atoms with Crippen molar-refractivity contribution in [2.45, 2.75) is 72.6 Å². The van der Waals surface area contributed by atoms with E-state index in [1.54, 1.807) is 0 Å². The first-order valence-corrected chi connectivity index (χ1v) is 10.5. The molecule has 0 spiro atoms. The van der Waals surface area contributed by atoms with Crippen LogP contribution >= 0.6 is 0 Å². The molecule has 12 nitrogen and oxygen atoms in total. The second-order valence-corrected chi connectivity index (χ2v) is 6.87. The zero-order chi connectivity index (χ0) is 26.8. The highest BCUT2D eigenvalue weighted by Gasteiger charge is 2.14. The summed E-state index contributed by atoms with van der Waals surface area (Å²) in [4.78, 5) is 64.8. The van der Waals surface area contributed by atoms with Crippen LogP contribution in [0.3, 0.4) is 0 Å². The van der Waals surface area contributed by atoms with Gasteiger partial charge in [-0.2, -0.15) is 0 Å². The van der Waals surface area contributed by atoms with Crippen molar-refractivity contribution in [2.75, 3.05) is 0 Å². The van der Waals surface area contributed by atoms with Crippen molar-refractivity contribution >= 4 is 35.8 Å². The fraction of sp³-hybridized carbons (Fsp3) is 0.478. The number of benzene rings is 1. The number of rotatable bonds is 12. The van der Waals surface area contributed by atoms with E-state index in [4.69, 9.17) is 14.6 Å². The van der Waals surface area contributed by atoms with Crippen molar-refractivity contribution in [3.63, 3.8) is 0 Å². The van der Waals surface area contributed by atoms with Crippen molar-refractivity contribution in [2.24, 2.45) is 0 Å². The molecule has 0 aromatic heterocycles. The summed E-state index contributed by atoms with van der Waals surface area (Å²) in [6, 6.07) is 9.23. The number of carboxylic acids is 1. The molecule has 1 N–H and O–H groups in total. The molecule has 2 atom stereocenters. The molecule has 0 saturated carbocycles. The van der Waals surface area contributed by atoms with Crippen LogP contribution in [-0.4, -0.2) is 53.5 Å². The van der Waals surface area contributed by atoms with Crippen LogP contribution < -0.4 is 0 Å². The van der Waals surface area contributed by atoms with Gasteiger partial charge in [0.15, 0.2) is 0 Å². The van der Waals surface area contributed by atoms with E-state index in [9.17, 15) is 28.8 Å². The fourth-order valence-corrected chi connectivity index (χ4v) is 2.23. The molecule has 0 fully saturated rings. The molecular formula is C23H30O12. The molecule has 35 heavy (non-hydrogen) atoms. The highest BCUT2D eigenvalue weighted by Crippen LogP contribution is 2.05. The van der Waals surface area contributed by atoms with Gasteiger partial charge in [-0.1, -0.05) is 30.3 Å². The van der Waals surface area contributed by atoms with Gasteiger partial charge in [0, 0.05) is 27.7 Å². The van der Waals surface area contributed by atoms with Crippen molar-refractivity contribution in [3.05, 3.63) is 35.9 Å². The number of carbonyl (C=O) groups excluding carboxylic acids is 5. The Morgan fingerprint density at radius 1 is 0.686 bits per heavy atom. The average molecular weight is 498 g/mol. The zero-order valence-electron chi connectivity index (χ0n) is 20.0. The molecular weight excluding hydrogens is 468 g/mol. The standard InChI is InChI=1S/C15H18O6.C8H12O6/c1-11(16)20-12(2)21-15(18)9-8-14(17)19-10-13-6-4-3-5-7-13;1-5(9)13-6(2)14-8(12)4-3-7(10)11/h3-7,12H,8-10H2,1-2H3;6H,3-4H2,1-2H3,(H,10,11). The summed E-state index contributed by atoms with van der Waals surface area (Å²) < 4.78 is 23.5. The Morgan fingerprint density at radius 2 is 1.11 bits per heavy atom. The molecule has 0 amide bonds. The number of carboxylic acid groups (broad SMARTS) is 1. The van der Waals surface area contributed by atoms with E-state index in [1.165, 1.54) is 27.7 Å². The predicted octanol–water partition coefficient (Wildman–Crippen LogP) is 2.27. The van der Waals surface area contributed by atoms with E-state index >= 15 is 0 Å². The SMILES string of the molecule is CC(=O)OC(C)OC(=O)CCC(=O)O.CC(=O)OC(C)OC(=O)CCC(=O)OCc1ccccc1. The van der Waals surface area contributed by atoms with Gasteiger partial charge in [0.2, 0.25) is 12.6 Å². The van der Waals surface area contributed by atoms with Crippen molar-refractivity contribution < 1.29 is 57.6 Å². The summed E-state index contributed by atoms with van der Waals surface area (Å²) >= 11 is 0. The maximum Gasteiger partial charge on any atom is 0.309 e.